The minimum absolute atomic E-state index is 0.0655. The molecule has 1 aliphatic rings. The van der Waals surface area contributed by atoms with E-state index in [0.717, 1.165) is 32.7 Å². The summed E-state index contributed by atoms with van der Waals surface area (Å²) in [6.45, 7) is 1.98. The highest BCUT2D eigenvalue weighted by molar-refractivity contribution is 9.10. The van der Waals surface area contributed by atoms with Gasteiger partial charge in [0.05, 0.1) is 22.4 Å². The van der Waals surface area contributed by atoms with Crippen molar-refractivity contribution < 1.29 is 13.9 Å². The van der Waals surface area contributed by atoms with Gasteiger partial charge in [-0.2, -0.15) is 0 Å². The lowest BCUT2D eigenvalue weighted by atomic mass is 10.0. The van der Waals surface area contributed by atoms with Gasteiger partial charge in [-0.05, 0) is 79.3 Å². The van der Waals surface area contributed by atoms with E-state index in [-0.39, 0.29) is 24.6 Å². The number of amides is 1. The van der Waals surface area contributed by atoms with Gasteiger partial charge in [0.2, 0.25) is 5.91 Å². The number of hydrogen-bond donors (Lipinski definition) is 2. The fourth-order valence-corrected chi connectivity index (χ4v) is 5.73. The summed E-state index contributed by atoms with van der Waals surface area (Å²) in [5.41, 5.74) is 4.16. The van der Waals surface area contributed by atoms with Crippen LogP contribution < -0.4 is 15.5 Å². The second-order valence-electron chi connectivity index (χ2n) is 8.83. The quantitative estimate of drug-likeness (QED) is 0.222. The fraction of sp³-hybridized carbons (Fsp3) is 0.179. The Labute approximate surface area is 239 Å². The number of carbonyl (C=O) groups is 1. The average molecular weight is 612 g/mol. The molecule has 0 bridgehead atoms. The van der Waals surface area contributed by atoms with Gasteiger partial charge in [-0.15, -0.1) is 0 Å². The van der Waals surface area contributed by atoms with E-state index in [1.807, 2.05) is 60.4 Å². The summed E-state index contributed by atoms with van der Waals surface area (Å²) >= 11 is 16.0. The lowest BCUT2D eigenvalue weighted by molar-refractivity contribution is -0.119. The smallest absolute Gasteiger partial charge is 0.250 e. The predicted molar refractivity (Wildman–Crippen MR) is 156 cm³/mol. The van der Waals surface area contributed by atoms with E-state index < -0.39 is 0 Å². The van der Waals surface area contributed by atoms with E-state index in [4.69, 9.17) is 33.0 Å². The third kappa shape index (κ3) is 5.33. The van der Waals surface area contributed by atoms with Gasteiger partial charge < -0.3 is 24.7 Å². The molecule has 0 radical (unpaired) electrons. The van der Waals surface area contributed by atoms with Crippen LogP contribution in [0.3, 0.4) is 0 Å². The standard InChI is InChI=1S/C28H24BrClN4O3S/c1-16-6-8-18(19(29)13-16)23-10-11-24(37-23)27-26(22-5-3-4-12-31-22)33-28(38)34(27)17-7-9-21(20(30)14-17)32-25(35)15-36-2/h3-14,26-27H,15H2,1-2H3,(H,32,35)(H,33,38)/t26-,27-/m0/s1. The topological polar surface area (TPSA) is 79.6 Å². The Balaban J connectivity index is 1.55. The fourth-order valence-electron chi connectivity index (χ4n) is 4.47. The van der Waals surface area contributed by atoms with Crippen molar-refractivity contribution in [1.82, 2.24) is 10.3 Å². The highest BCUT2D eigenvalue weighted by Crippen LogP contribution is 2.44. The Morgan fingerprint density at radius 1 is 1.21 bits per heavy atom. The van der Waals surface area contributed by atoms with Crippen LogP contribution in [0.2, 0.25) is 5.02 Å². The maximum Gasteiger partial charge on any atom is 0.250 e. The molecule has 1 amide bonds. The van der Waals surface area contributed by atoms with Crippen LogP contribution in [0, 0.1) is 6.92 Å². The van der Waals surface area contributed by atoms with Crippen LogP contribution in [0.5, 0.6) is 0 Å². The van der Waals surface area contributed by atoms with E-state index in [0.29, 0.717) is 21.6 Å². The molecule has 2 aromatic carbocycles. The van der Waals surface area contributed by atoms with Crippen LogP contribution in [0.4, 0.5) is 11.4 Å². The third-order valence-electron chi connectivity index (χ3n) is 6.19. The first-order chi connectivity index (χ1) is 18.4. The Morgan fingerprint density at radius 2 is 2.05 bits per heavy atom. The first kappa shape index (κ1) is 26.4. The van der Waals surface area contributed by atoms with Gasteiger partial charge in [-0.1, -0.05) is 39.7 Å². The molecule has 0 unspecified atom stereocenters. The number of thiocarbonyl (C=S) groups is 1. The molecule has 1 fully saturated rings. The minimum Gasteiger partial charge on any atom is -0.459 e. The number of nitrogens with zero attached hydrogens (tertiary/aromatic N) is 2. The molecular formula is C28H24BrClN4O3S. The number of aromatic nitrogens is 1. The van der Waals surface area contributed by atoms with E-state index in [1.54, 1.807) is 18.3 Å². The maximum atomic E-state index is 12.0. The van der Waals surface area contributed by atoms with Crippen molar-refractivity contribution in [3.63, 3.8) is 0 Å². The SMILES string of the molecule is COCC(=O)Nc1ccc(N2C(=S)N[C@@H](c3ccccn3)[C@@H]2c2ccc(-c3ccc(C)cc3Br)o2)cc1Cl. The molecule has 5 rings (SSSR count). The lowest BCUT2D eigenvalue weighted by Gasteiger charge is -2.26. The number of halogens is 2. The first-order valence-corrected chi connectivity index (χ1v) is 13.4. The summed E-state index contributed by atoms with van der Waals surface area (Å²) < 4.78 is 12.3. The molecule has 10 heteroatoms. The zero-order valence-electron chi connectivity index (χ0n) is 20.6. The number of hydrogen-bond acceptors (Lipinski definition) is 5. The number of carbonyl (C=O) groups excluding carboxylic acids is 1. The molecule has 1 saturated heterocycles. The summed E-state index contributed by atoms with van der Waals surface area (Å²) in [5.74, 6) is 1.15. The molecule has 3 heterocycles. The largest absolute Gasteiger partial charge is 0.459 e. The lowest BCUT2D eigenvalue weighted by Crippen LogP contribution is -2.29. The molecule has 0 saturated carbocycles. The molecule has 38 heavy (non-hydrogen) atoms. The number of aryl methyl sites for hydroxylation is 1. The van der Waals surface area contributed by atoms with Gasteiger partial charge in [0.25, 0.3) is 0 Å². The van der Waals surface area contributed by atoms with Crippen molar-refractivity contribution in [3.05, 3.63) is 99.4 Å². The number of rotatable bonds is 7. The van der Waals surface area contributed by atoms with Crippen LogP contribution in [0.1, 0.15) is 29.1 Å². The zero-order valence-corrected chi connectivity index (χ0v) is 23.7. The van der Waals surface area contributed by atoms with Crippen molar-refractivity contribution in [1.29, 1.82) is 0 Å². The molecule has 1 aliphatic heterocycles. The van der Waals surface area contributed by atoms with Crippen molar-refractivity contribution in [2.45, 2.75) is 19.0 Å². The van der Waals surface area contributed by atoms with Crippen molar-refractivity contribution in [2.24, 2.45) is 0 Å². The van der Waals surface area contributed by atoms with Gasteiger partial charge in [-0.3, -0.25) is 9.78 Å². The van der Waals surface area contributed by atoms with Crippen LogP contribution >= 0.6 is 39.7 Å². The molecule has 194 valence electrons. The molecule has 0 spiro atoms. The van der Waals surface area contributed by atoms with Gasteiger partial charge in [0.15, 0.2) is 5.11 Å². The van der Waals surface area contributed by atoms with Gasteiger partial charge >= 0.3 is 0 Å². The second-order valence-corrected chi connectivity index (χ2v) is 10.5. The highest BCUT2D eigenvalue weighted by Gasteiger charge is 2.42. The monoisotopic (exact) mass is 610 g/mol. The van der Waals surface area contributed by atoms with Gasteiger partial charge in [0, 0.05) is 29.0 Å². The Morgan fingerprint density at radius 3 is 2.76 bits per heavy atom. The first-order valence-electron chi connectivity index (χ1n) is 11.8. The van der Waals surface area contributed by atoms with Crippen LogP contribution in [-0.4, -0.2) is 29.7 Å². The average Bonchev–Trinajstić information content (AvgIpc) is 3.50. The highest BCUT2D eigenvalue weighted by atomic mass is 79.9. The van der Waals surface area contributed by atoms with Crippen molar-refractivity contribution >= 4 is 62.1 Å². The molecule has 0 aliphatic carbocycles. The Bertz CT molecular complexity index is 1500. The number of pyridine rings is 1. The number of nitrogens with one attached hydrogen (secondary N) is 2. The van der Waals surface area contributed by atoms with Crippen LogP contribution in [-0.2, 0) is 9.53 Å². The zero-order chi connectivity index (χ0) is 26.8. The number of anilines is 2. The summed E-state index contributed by atoms with van der Waals surface area (Å²) in [6, 6.07) is 20.6. The summed E-state index contributed by atoms with van der Waals surface area (Å²) in [5, 5.41) is 7.05. The number of benzene rings is 2. The Kier molecular flexibility index (Phi) is 7.80. The van der Waals surface area contributed by atoms with Crippen LogP contribution in [0.15, 0.2) is 81.8 Å². The molecule has 7 nitrogen and oxygen atoms in total. The molecular weight excluding hydrogens is 588 g/mol. The molecule has 4 aromatic rings. The number of furan rings is 1. The predicted octanol–water partition coefficient (Wildman–Crippen LogP) is 6.83. The number of methoxy groups -OCH3 is 1. The summed E-state index contributed by atoms with van der Waals surface area (Å²) in [4.78, 5) is 18.6. The van der Waals surface area contributed by atoms with Gasteiger partial charge in [-0.25, -0.2) is 0 Å². The summed E-state index contributed by atoms with van der Waals surface area (Å²) in [6.07, 6.45) is 1.76. The van der Waals surface area contributed by atoms with E-state index in [2.05, 4.69) is 37.6 Å². The molecule has 2 atom stereocenters. The van der Waals surface area contributed by atoms with E-state index in [1.165, 1.54) is 7.11 Å². The maximum absolute atomic E-state index is 12.0. The van der Waals surface area contributed by atoms with E-state index in [9.17, 15) is 4.79 Å². The van der Waals surface area contributed by atoms with Crippen molar-refractivity contribution in [3.8, 4) is 11.3 Å². The second kappa shape index (κ2) is 11.2. The van der Waals surface area contributed by atoms with Crippen LogP contribution in [0.25, 0.3) is 11.3 Å². The van der Waals surface area contributed by atoms with E-state index >= 15 is 0 Å². The normalized spacial score (nSPS) is 16.9. The minimum atomic E-state index is -0.347. The van der Waals surface area contributed by atoms with Gasteiger partial charge in [0.1, 0.15) is 24.2 Å². The Hall–Kier alpha value is -3.24. The molecule has 2 aromatic heterocycles. The summed E-state index contributed by atoms with van der Waals surface area (Å²) in [7, 11) is 1.46. The number of ether oxygens (including phenoxy) is 1. The van der Waals surface area contributed by atoms with Crippen molar-refractivity contribution in [2.75, 3.05) is 23.9 Å². The molecule has 2 N–H and O–H groups in total. The third-order valence-corrected chi connectivity index (χ3v) is 7.47.